The Kier molecular flexibility index (Phi) is 3.13. The van der Waals surface area contributed by atoms with Gasteiger partial charge in [-0.2, -0.15) is 0 Å². The second kappa shape index (κ2) is 3.40. The molecule has 0 atom stereocenters. The van der Waals surface area contributed by atoms with Crippen LogP contribution in [0.1, 0.15) is 27.7 Å². The summed E-state index contributed by atoms with van der Waals surface area (Å²) in [7, 11) is 0. The Morgan fingerprint density at radius 3 is 2.20 bits per heavy atom. The summed E-state index contributed by atoms with van der Waals surface area (Å²) in [6.45, 7) is 7.49. The van der Waals surface area contributed by atoms with E-state index in [1.54, 1.807) is 0 Å². The highest BCUT2D eigenvalue weighted by atomic mass is 16.5. The molecule has 0 radical (unpaired) electrons. The normalized spacial score (nSPS) is 12.0. The molecule has 2 heteroatoms. The van der Waals surface area contributed by atoms with E-state index in [4.69, 9.17) is 0 Å². The number of carbonyl (C=O) groups is 1. The fourth-order valence-corrected chi connectivity index (χ4v) is 0.334. The van der Waals surface area contributed by atoms with Crippen LogP contribution in [0.2, 0.25) is 0 Å². The first kappa shape index (κ1) is 9.21. The maximum Gasteiger partial charge on any atom is 0.307 e. The number of esters is 1. The molecule has 0 aromatic heterocycles. The molecule has 0 amide bonds. The molecule has 2 nitrogen and oxygen atoms in total. The minimum Gasteiger partial charge on any atom is -0.435 e. The van der Waals surface area contributed by atoms with Gasteiger partial charge in [0.1, 0.15) is 0 Å². The second-order valence-electron chi connectivity index (χ2n) is 3.28. The van der Waals surface area contributed by atoms with E-state index in [-0.39, 0.29) is 11.4 Å². The molecule has 58 valence electrons. The van der Waals surface area contributed by atoms with Gasteiger partial charge in [-0.25, -0.2) is 0 Å². The molecule has 10 heavy (non-hydrogen) atoms. The lowest BCUT2D eigenvalue weighted by atomic mass is 9.97. The fraction of sp³-hybridized carbons (Fsp3) is 0.625. The monoisotopic (exact) mass is 142 g/mol. The van der Waals surface area contributed by atoms with E-state index >= 15 is 0 Å². The average molecular weight is 142 g/mol. The van der Waals surface area contributed by atoms with Crippen LogP contribution in [0.5, 0.6) is 0 Å². The van der Waals surface area contributed by atoms with Gasteiger partial charge in [0.2, 0.25) is 0 Å². The van der Waals surface area contributed by atoms with E-state index in [1.807, 2.05) is 26.8 Å². The zero-order chi connectivity index (χ0) is 8.20. The first-order valence-corrected chi connectivity index (χ1v) is 3.27. The van der Waals surface area contributed by atoms with Crippen LogP contribution in [-0.2, 0) is 9.53 Å². The third-order valence-corrected chi connectivity index (χ3v) is 0.802. The van der Waals surface area contributed by atoms with E-state index in [2.05, 4.69) is 4.74 Å². The van der Waals surface area contributed by atoms with Gasteiger partial charge in [0.05, 0.1) is 6.26 Å². The van der Waals surface area contributed by atoms with Crippen LogP contribution in [0, 0.1) is 5.41 Å². The Morgan fingerprint density at radius 1 is 1.40 bits per heavy atom. The van der Waals surface area contributed by atoms with Crippen LogP contribution in [0.25, 0.3) is 0 Å². The minimum atomic E-state index is -0.277. The van der Waals surface area contributed by atoms with Crippen molar-refractivity contribution in [2.45, 2.75) is 27.7 Å². The maximum atomic E-state index is 10.3. The quantitative estimate of drug-likeness (QED) is 0.414. The highest BCUT2D eigenvalue weighted by Crippen LogP contribution is 2.14. The molecule has 0 heterocycles. The van der Waals surface area contributed by atoms with Gasteiger partial charge >= 0.3 is 5.97 Å². The van der Waals surface area contributed by atoms with Crippen LogP contribution in [0.3, 0.4) is 0 Å². The first-order valence-electron chi connectivity index (χ1n) is 3.27. The Labute approximate surface area is 61.9 Å². The third kappa shape index (κ3) is 7.21. The summed E-state index contributed by atoms with van der Waals surface area (Å²) in [5.41, 5.74) is 0.0788. The molecule has 0 spiro atoms. The second-order valence-corrected chi connectivity index (χ2v) is 3.28. The minimum absolute atomic E-state index is 0.0788. The Bertz CT molecular complexity index is 140. The predicted molar refractivity (Wildman–Crippen MR) is 40.4 cm³/mol. The average Bonchev–Trinajstić information content (AvgIpc) is 1.59. The molecule has 0 saturated carbocycles. The predicted octanol–water partition coefficient (Wildman–Crippen LogP) is 2.11. The zero-order valence-corrected chi connectivity index (χ0v) is 6.97. The van der Waals surface area contributed by atoms with Crippen molar-refractivity contribution in [2.24, 2.45) is 5.41 Å². The van der Waals surface area contributed by atoms with Gasteiger partial charge in [-0.15, -0.1) is 0 Å². The lowest BCUT2D eigenvalue weighted by Gasteiger charge is -2.09. The Morgan fingerprint density at radius 2 is 1.90 bits per heavy atom. The maximum absolute atomic E-state index is 10.3. The summed E-state index contributed by atoms with van der Waals surface area (Å²) in [6.07, 6.45) is 3.27. The van der Waals surface area contributed by atoms with Gasteiger partial charge in [0.15, 0.2) is 0 Å². The lowest BCUT2D eigenvalue weighted by Crippen LogP contribution is -2.00. The number of ether oxygens (including phenoxy) is 1. The van der Waals surface area contributed by atoms with Gasteiger partial charge in [-0.3, -0.25) is 4.79 Å². The topological polar surface area (TPSA) is 26.3 Å². The largest absolute Gasteiger partial charge is 0.435 e. The molecule has 0 aliphatic rings. The fourth-order valence-electron chi connectivity index (χ4n) is 0.334. The van der Waals surface area contributed by atoms with E-state index in [1.165, 1.54) is 13.2 Å². The summed E-state index contributed by atoms with van der Waals surface area (Å²) in [6, 6.07) is 0. The molecule has 0 rings (SSSR count). The van der Waals surface area contributed by atoms with Gasteiger partial charge in [0.25, 0.3) is 0 Å². The van der Waals surface area contributed by atoms with Crippen molar-refractivity contribution in [1.29, 1.82) is 0 Å². The molecule has 0 bridgehead atoms. The SMILES string of the molecule is CC(=O)O/C=C\C(C)(C)C. The summed E-state index contributed by atoms with van der Waals surface area (Å²) in [5, 5.41) is 0. The first-order chi connectivity index (χ1) is 4.42. The smallest absolute Gasteiger partial charge is 0.307 e. The summed E-state index contributed by atoms with van der Waals surface area (Å²) < 4.78 is 4.60. The number of hydrogen-bond donors (Lipinski definition) is 0. The molecule has 0 aromatic rings. The number of allylic oxidation sites excluding steroid dienone is 1. The number of hydrogen-bond acceptors (Lipinski definition) is 2. The van der Waals surface area contributed by atoms with Crippen LogP contribution in [0.15, 0.2) is 12.3 Å². The van der Waals surface area contributed by atoms with Crippen molar-refractivity contribution < 1.29 is 9.53 Å². The van der Waals surface area contributed by atoms with Crippen LogP contribution in [-0.4, -0.2) is 5.97 Å². The van der Waals surface area contributed by atoms with Crippen molar-refractivity contribution in [3.05, 3.63) is 12.3 Å². The van der Waals surface area contributed by atoms with E-state index in [0.717, 1.165) is 0 Å². The van der Waals surface area contributed by atoms with Crippen LogP contribution >= 0.6 is 0 Å². The zero-order valence-electron chi connectivity index (χ0n) is 6.97. The van der Waals surface area contributed by atoms with E-state index in [0.29, 0.717) is 0 Å². The van der Waals surface area contributed by atoms with Gasteiger partial charge in [0, 0.05) is 6.92 Å². The Balaban J connectivity index is 3.67. The van der Waals surface area contributed by atoms with Gasteiger partial charge in [-0.05, 0) is 11.5 Å². The van der Waals surface area contributed by atoms with Crippen molar-refractivity contribution in [3.8, 4) is 0 Å². The molecular formula is C8H14O2. The summed E-state index contributed by atoms with van der Waals surface area (Å²) in [4.78, 5) is 10.3. The van der Waals surface area contributed by atoms with E-state index < -0.39 is 0 Å². The summed E-state index contributed by atoms with van der Waals surface area (Å²) in [5.74, 6) is -0.277. The number of carbonyl (C=O) groups excluding carboxylic acids is 1. The standard InChI is InChI=1S/C8H14O2/c1-7(9)10-6-5-8(2,3)4/h5-6H,1-4H3/b6-5-. The Hall–Kier alpha value is -0.790. The van der Waals surface area contributed by atoms with Crippen LogP contribution < -0.4 is 0 Å². The molecule has 0 N–H and O–H groups in total. The third-order valence-electron chi connectivity index (χ3n) is 0.802. The van der Waals surface area contributed by atoms with Crippen LogP contribution in [0.4, 0.5) is 0 Å². The van der Waals surface area contributed by atoms with Crippen molar-refractivity contribution in [2.75, 3.05) is 0 Å². The molecule has 0 fully saturated rings. The van der Waals surface area contributed by atoms with Gasteiger partial charge < -0.3 is 4.74 Å². The highest BCUT2D eigenvalue weighted by Gasteiger charge is 2.03. The molecular weight excluding hydrogens is 128 g/mol. The molecule has 0 aliphatic carbocycles. The van der Waals surface area contributed by atoms with Crippen molar-refractivity contribution >= 4 is 5.97 Å². The molecule has 0 unspecified atom stereocenters. The molecule has 0 aromatic carbocycles. The molecule has 0 aliphatic heterocycles. The molecule has 0 saturated heterocycles. The lowest BCUT2D eigenvalue weighted by molar-refractivity contribution is -0.135. The van der Waals surface area contributed by atoms with Gasteiger partial charge in [-0.1, -0.05) is 20.8 Å². The van der Waals surface area contributed by atoms with E-state index in [9.17, 15) is 4.79 Å². The number of rotatable bonds is 1. The van der Waals surface area contributed by atoms with Crippen molar-refractivity contribution in [1.82, 2.24) is 0 Å². The van der Waals surface area contributed by atoms with Crippen molar-refractivity contribution in [3.63, 3.8) is 0 Å². The summed E-state index contributed by atoms with van der Waals surface area (Å²) >= 11 is 0. The highest BCUT2D eigenvalue weighted by molar-refractivity contribution is 5.66.